The Kier molecular flexibility index (Phi) is 4.59. The van der Waals surface area contributed by atoms with Crippen LogP contribution in [-0.4, -0.2) is 18.5 Å². The second-order valence-electron chi connectivity index (χ2n) is 5.66. The smallest absolute Gasteiger partial charge is 0.0406 e. The fourth-order valence-electron chi connectivity index (χ4n) is 3.05. The first-order valence-corrected chi connectivity index (χ1v) is 7.86. The van der Waals surface area contributed by atoms with E-state index in [0.29, 0.717) is 6.04 Å². The minimum atomic E-state index is 0.381. The minimum absolute atomic E-state index is 0.381. The van der Waals surface area contributed by atoms with Gasteiger partial charge in [-0.25, -0.2) is 0 Å². The summed E-state index contributed by atoms with van der Waals surface area (Å²) in [7, 11) is 2.03. The van der Waals surface area contributed by atoms with Crippen molar-refractivity contribution < 1.29 is 0 Å². The van der Waals surface area contributed by atoms with Crippen LogP contribution < -0.4 is 5.32 Å². The lowest BCUT2D eigenvalue weighted by Crippen LogP contribution is -2.24. The number of halogens is 1. The quantitative estimate of drug-likeness (QED) is 0.897. The highest BCUT2D eigenvalue weighted by atomic mass is 35.5. The Bertz CT molecular complexity index is 569. The molecule has 1 heterocycles. The fourth-order valence-corrected chi connectivity index (χ4v) is 3.17. The van der Waals surface area contributed by atoms with Crippen molar-refractivity contribution in [3.8, 4) is 0 Å². The molecule has 0 radical (unpaired) electrons. The van der Waals surface area contributed by atoms with E-state index in [-0.39, 0.29) is 0 Å². The minimum Gasteiger partial charge on any atom is -0.313 e. The molecule has 0 spiro atoms. The molecule has 2 nitrogen and oxygen atoms in total. The third-order valence-corrected chi connectivity index (χ3v) is 4.51. The summed E-state index contributed by atoms with van der Waals surface area (Å²) in [6.45, 7) is 3.25. The maximum atomic E-state index is 5.96. The molecule has 0 aliphatic carbocycles. The Morgan fingerprint density at radius 1 is 1.05 bits per heavy atom. The van der Waals surface area contributed by atoms with Gasteiger partial charge in [0.25, 0.3) is 0 Å². The van der Waals surface area contributed by atoms with Crippen molar-refractivity contribution >= 4 is 11.6 Å². The van der Waals surface area contributed by atoms with Crippen molar-refractivity contribution in [3.63, 3.8) is 0 Å². The Labute approximate surface area is 131 Å². The molecule has 1 unspecified atom stereocenters. The van der Waals surface area contributed by atoms with Gasteiger partial charge in [0.1, 0.15) is 0 Å². The average molecular weight is 301 g/mol. The molecule has 0 saturated heterocycles. The number of nitrogens with one attached hydrogen (secondary N) is 1. The van der Waals surface area contributed by atoms with E-state index in [0.717, 1.165) is 31.1 Å². The molecule has 3 rings (SSSR count). The molecule has 3 heteroatoms. The monoisotopic (exact) mass is 300 g/mol. The van der Waals surface area contributed by atoms with Crippen LogP contribution in [0.5, 0.6) is 0 Å². The summed E-state index contributed by atoms with van der Waals surface area (Å²) in [6.07, 6.45) is 1.10. The SMILES string of the molecule is CNC(CCN1Cc2ccccc2C1)c1ccc(Cl)cc1. The lowest BCUT2D eigenvalue weighted by atomic mass is 10.0. The predicted molar refractivity (Wildman–Crippen MR) is 88.4 cm³/mol. The molecule has 0 aromatic heterocycles. The summed E-state index contributed by atoms with van der Waals surface area (Å²) in [5.41, 5.74) is 4.26. The van der Waals surface area contributed by atoms with E-state index in [1.165, 1.54) is 16.7 Å². The van der Waals surface area contributed by atoms with Crippen LogP contribution in [0.1, 0.15) is 29.2 Å². The van der Waals surface area contributed by atoms with Crippen molar-refractivity contribution in [1.82, 2.24) is 10.2 Å². The molecule has 0 saturated carbocycles. The molecular formula is C18H21ClN2. The van der Waals surface area contributed by atoms with Crippen molar-refractivity contribution in [3.05, 3.63) is 70.2 Å². The summed E-state index contributed by atoms with van der Waals surface area (Å²) < 4.78 is 0. The van der Waals surface area contributed by atoms with Gasteiger partial charge in [0.15, 0.2) is 0 Å². The van der Waals surface area contributed by atoms with E-state index in [9.17, 15) is 0 Å². The number of fused-ring (bicyclic) bond motifs is 1. The van der Waals surface area contributed by atoms with E-state index >= 15 is 0 Å². The third-order valence-electron chi connectivity index (χ3n) is 4.26. The zero-order valence-electron chi connectivity index (χ0n) is 12.3. The third kappa shape index (κ3) is 3.46. The second-order valence-corrected chi connectivity index (χ2v) is 6.10. The lowest BCUT2D eigenvalue weighted by Gasteiger charge is -2.21. The second kappa shape index (κ2) is 6.61. The van der Waals surface area contributed by atoms with E-state index in [2.05, 4.69) is 46.6 Å². The highest BCUT2D eigenvalue weighted by Gasteiger charge is 2.19. The Hall–Kier alpha value is -1.35. The Balaban J connectivity index is 1.58. The van der Waals surface area contributed by atoms with Crippen LogP contribution in [0.15, 0.2) is 48.5 Å². The largest absolute Gasteiger partial charge is 0.313 e. The summed E-state index contributed by atoms with van der Waals surface area (Å²) in [6, 6.07) is 17.3. The van der Waals surface area contributed by atoms with Gasteiger partial charge in [0.2, 0.25) is 0 Å². The van der Waals surface area contributed by atoms with Crippen molar-refractivity contribution in [2.45, 2.75) is 25.6 Å². The van der Waals surface area contributed by atoms with Gasteiger partial charge in [0.05, 0.1) is 0 Å². The molecule has 1 aliphatic heterocycles. The summed E-state index contributed by atoms with van der Waals surface area (Å²) in [5.74, 6) is 0. The first-order chi connectivity index (χ1) is 10.3. The molecule has 21 heavy (non-hydrogen) atoms. The predicted octanol–water partition coefficient (Wildman–Crippen LogP) is 4.01. The first kappa shape index (κ1) is 14.6. The molecule has 0 fully saturated rings. The standard InChI is InChI=1S/C18H21ClN2/c1-20-18(14-6-8-17(19)9-7-14)10-11-21-12-15-4-2-3-5-16(15)13-21/h2-9,18,20H,10-13H2,1H3. The number of hydrogen-bond donors (Lipinski definition) is 1. The van der Waals surface area contributed by atoms with Crippen molar-refractivity contribution in [2.24, 2.45) is 0 Å². The van der Waals surface area contributed by atoms with Crippen LogP contribution in [-0.2, 0) is 13.1 Å². The number of nitrogens with zero attached hydrogens (tertiary/aromatic N) is 1. The summed E-state index contributed by atoms with van der Waals surface area (Å²) in [4.78, 5) is 2.52. The highest BCUT2D eigenvalue weighted by Crippen LogP contribution is 2.25. The van der Waals surface area contributed by atoms with Crippen LogP contribution in [0.3, 0.4) is 0 Å². The van der Waals surface area contributed by atoms with Crippen LogP contribution in [0.2, 0.25) is 5.02 Å². The number of rotatable bonds is 5. The van der Waals surface area contributed by atoms with Crippen LogP contribution >= 0.6 is 11.6 Å². The van der Waals surface area contributed by atoms with Gasteiger partial charge < -0.3 is 5.32 Å². The van der Waals surface area contributed by atoms with E-state index in [1.54, 1.807) is 0 Å². The van der Waals surface area contributed by atoms with E-state index < -0.39 is 0 Å². The molecule has 0 bridgehead atoms. The molecule has 110 valence electrons. The Morgan fingerprint density at radius 2 is 1.67 bits per heavy atom. The fraction of sp³-hybridized carbons (Fsp3) is 0.333. The van der Waals surface area contributed by atoms with Crippen LogP contribution in [0.25, 0.3) is 0 Å². The van der Waals surface area contributed by atoms with Gasteiger partial charge >= 0.3 is 0 Å². The zero-order valence-corrected chi connectivity index (χ0v) is 13.1. The maximum absolute atomic E-state index is 5.96. The van der Waals surface area contributed by atoms with Gasteiger partial charge in [-0.2, -0.15) is 0 Å². The van der Waals surface area contributed by atoms with E-state index in [1.807, 2.05) is 19.2 Å². The van der Waals surface area contributed by atoms with Crippen LogP contribution in [0.4, 0.5) is 0 Å². The summed E-state index contributed by atoms with van der Waals surface area (Å²) in [5, 5.41) is 4.21. The maximum Gasteiger partial charge on any atom is 0.0406 e. The molecule has 1 aliphatic rings. The number of benzene rings is 2. The van der Waals surface area contributed by atoms with Gasteiger partial charge in [-0.1, -0.05) is 48.0 Å². The summed E-state index contributed by atoms with van der Waals surface area (Å²) >= 11 is 5.96. The van der Waals surface area contributed by atoms with Gasteiger partial charge in [-0.3, -0.25) is 4.90 Å². The highest BCUT2D eigenvalue weighted by molar-refractivity contribution is 6.30. The lowest BCUT2D eigenvalue weighted by molar-refractivity contribution is 0.266. The first-order valence-electron chi connectivity index (χ1n) is 7.48. The molecule has 2 aromatic carbocycles. The van der Waals surface area contributed by atoms with Crippen LogP contribution in [0, 0.1) is 0 Å². The Morgan fingerprint density at radius 3 is 2.24 bits per heavy atom. The van der Waals surface area contributed by atoms with Gasteiger partial charge in [-0.15, -0.1) is 0 Å². The van der Waals surface area contributed by atoms with Crippen molar-refractivity contribution in [1.29, 1.82) is 0 Å². The topological polar surface area (TPSA) is 15.3 Å². The average Bonchev–Trinajstić information content (AvgIpc) is 2.92. The normalized spacial score (nSPS) is 15.9. The number of hydrogen-bond acceptors (Lipinski definition) is 2. The van der Waals surface area contributed by atoms with Crippen molar-refractivity contribution in [2.75, 3.05) is 13.6 Å². The molecule has 2 aromatic rings. The molecular weight excluding hydrogens is 280 g/mol. The molecule has 1 N–H and O–H groups in total. The van der Waals surface area contributed by atoms with Gasteiger partial charge in [0, 0.05) is 30.7 Å². The molecule has 1 atom stereocenters. The van der Waals surface area contributed by atoms with Gasteiger partial charge in [-0.05, 0) is 42.3 Å². The zero-order chi connectivity index (χ0) is 14.7. The van der Waals surface area contributed by atoms with E-state index in [4.69, 9.17) is 11.6 Å². The molecule has 0 amide bonds.